The minimum atomic E-state index is -0.122. The summed E-state index contributed by atoms with van der Waals surface area (Å²) in [7, 11) is 1.69. The zero-order valence-electron chi connectivity index (χ0n) is 10.5. The van der Waals surface area contributed by atoms with Crippen LogP contribution >= 0.6 is 0 Å². The molecule has 16 heavy (non-hydrogen) atoms. The number of hydrogen-bond donors (Lipinski definition) is 2. The van der Waals surface area contributed by atoms with Gasteiger partial charge in [0.15, 0.2) is 0 Å². The Kier molecular flexibility index (Phi) is 4.33. The molecule has 1 aromatic rings. The van der Waals surface area contributed by atoms with Crippen molar-refractivity contribution in [1.82, 2.24) is 0 Å². The lowest BCUT2D eigenvalue weighted by Crippen LogP contribution is -2.31. The molecule has 0 saturated heterocycles. The smallest absolute Gasteiger partial charge is 0.122 e. The van der Waals surface area contributed by atoms with Gasteiger partial charge < -0.3 is 16.2 Å². The van der Waals surface area contributed by atoms with Crippen molar-refractivity contribution in [3.63, 3.8) is 0 Å². The van der Waals surface area contributed by atoms with Crippen LogP contribution in [0.4, 0.5) is 0 Å². The summed E-state index contributed by atoms with van der Waals surface area (Å²) in [4.78, 5) is 0. The molecule has 0 spiro atoms. The molecule has 3 heteroatoms. The normalized spacial score (nSPS) is 14.9. The molecule has 0 heterocycles. The Morgan fingerprint density at radius 3 is 2.19 bits per heavy atom. The standard InChI is InChI=1S/C13H22N2O/c1-8(2)11-7-10(13(15)9(3)14)5-6-12(11)16-4/h5-9,13H,14-15H2,1-4H3. The third kappa shape index (κ3) is 2.74. The highest BCUT2D eigenvalue weighted by Crippen LogP contribution is 2.29. The van der Waals surface area contributed by atoms with Crippen LogP contribution in [-0.4, -0.2) is 13.2 Å². The lowest BCUT2D eigenvalue weighted by atomic mass is 9.94. The van der Waals surface area contributed by atoms with E-state index in [1.807, 2.05) is 19.1 Å². The summed E-state index contributed by atoms with van der Waals surface area (Å²) in [5.74, 6) is 1.32. The third-order valence-corrected chi connectivity index (χ3v) is 2.83. The summed E-state index contributed by atoms with van der Waals surface area (Å²) < 4.78 is 5.33. The Morgan fingerprint density at radius 2 is 1.75 bits per heavy atom. The highest BCUT2D eigenvalue weighted by Gasteiger charge is 2.14. The Labute approximate surface area is 97.8 Å². The second-order valence-electron chi connectivity index (χ2n) is 4.54. The zero-order valence-corrected chi connectivity index (χ0v) is 10.5. The number of rotatable bonds is 4. The fraction of sp³-hybridized carbons (Fsp3) is 0.538. The van der Waals surface area contributed by atoms with E-state index in [0.717, 1.165) is 11.3 Å². The highest BCUT2D eigenvalue weighted by molar-refractivity contribution is 5.40. The Hall–Kier alpha value is -1.06. The summed E-state index contributed by atoms with van der Waals surface area (Å²) in [5.41, 5.74) is 14.1. The zero-order chi connectivity index (χ0) is 12.3. The first kappa shape index (κ1) is 13.0. The second-order valence-corrected chi connectivity index (χ2v) is 4.54. The monoisotopic (exact) mass is 222 g/mol. The van der Waals surface area contributed by atoms with Gasteiger partial charge in [0.1, 0.15) is 5.75 Å². The van der Waals surface area contributed by atoms with Gasteiger partial charge in [-0.05, 0) is 30.0 Å². The quantitative estimate of drug-likeness (QED) is 0.820. The van der Waals surface area contributed by atoms with Crippen LogP contribution in [0.1, 0.15) is 43.9 Å². The summed E-state index contributed by atoms with van der Waals surface area (Å²) in [6.45, 7) is 6.20. The van der Waals surface area contributed by atoms with Gasteiger partial charge in [-0.25, -0.2) is 0 Å². The molecule has 2 unspecified atom stereocenters. The van der Waals surface area contributed by atoms with Gasteiger partial charge in [0.2, 0.25) is 0 Å². The van der Waals surface area contributed by atoms with Crippen molar-refractivity contribution in [1.29, 1.82) is 0 Å². The van der Waals surface area contributed by atoms with E-state index >= 15 is 0 Å². The van der Waals surface area contributed by atoms with Gasteiger partial charge in [-0.3, -0.25) is 0 Å². The van der Waals surface area contributed by atoms with E-state index in [1.165, 1.54) is 5.56 Å². The maximum Gasteiger partial charge on any atom is 0.122 e. The summed E-state index contributed by atoms with van der Waals surface area (Å²) >= 11 is 0. The lowest BCUT2D eigenvalue weighted by Gasteiger charge is -2.19. The number of ether oxygens (including phenoxy) is 1. The number of benzene rings is 1. The van der Waals surface area contributed by atoms with Crippen molar-refractivity contribution >= 4 is 0 Å². The van der Waals surface area contributed by atoms with E-state index in [1.54, 1.807) is 7.11 Å². The van der Waals surface area contributed by atoms with Gasteiger partial charge in [0.05, 0.1) is 7.11 Å². The fourth-order valence-electron chi connectivity index (χ4n) is 1.71. The van der Waals surface area contributed by atoms with Crippen molar-refractivity contribution in [3.8, 4) is 5.75 Å². The minimum absolute atomic E-state index is 0.0478. The van der Waals surface area contributed by atoms with Crippen LogP contribution in [0.15, 0.2) is 18.2 Å². The maximum absolute atomic E-state index is 6.03. The molecule has 4 N–H and O–H groups in total. The van der Waals surface area contributed by atoms with Crippen LogP contribution in [0.2, 0.25) is 0 Å². The molecule has 0 bridgehead atoms. The topological polar surface area (TPSA) is 61.3 Å². The first-order valence-corrected chi connectivity index (χ1v) is 5.66. The fourth-order valence-corrected chi connectivity index (χ4v) is 1.71. The van der Waals surface area contributed by atoms with Gasteiger partial charge in [-0.1, -0.05) is 26.0 Å². The third-order valence-electron chi connectivity index (χ3n) is 2.83. The van der Waals surface area contributed by atoms with Crippen LogP contribution in [0.25, 0.3) is 0 Å². The average Bonchev–Trinajstić information content (AvgIpc) is 2.26. The Bertz CT molecular complexity index is 348. The van der Waals surface area contributed by atoms with Crippen LogP contribution in [0, 0.1) is 0 Å². The predicted octanol–water partition coefficient (Wildman–Crippen LogP) is 2.17. The van der Waals surface area contributed by atoms with Crippen LogP contribution in [0.5, 0.6) is 5.75 Å². The van der Waals surface area contributed by atoms with E-state index < -0.39 is 0 Å². The molecule has 0 fully saturated rings. The van der Waals surface area contributed by atoms with Crippen molar-refractivity contribution in [2.24, 2.45) is 11.5 Å². The molecule has 0 aliphatic carbocycles. The van der Waals surface area contributed by atoms with E-state index in [-0.39, 0.29) is 12.1 Å². The minimum Gasteiger partial charge on any atom is -0.496 e. The van der Waals surface area contributed by atoms with E-state index in [2.05, 4.69) is 19.9 Å². The molecular weight excluding hydrogens is 200 g/mol. The van der Waals surface area contributed by atoms with E-state index in [0.29, 0.717) is 5.92 Å². The van der Waals surface area contributed by atoms with Crippen molar-refractivity contribution in [2.75, 3.05) is 7.11 Å². The largest absolute Gasteiger partial charge is 0.496 e. The summed E-state index contributed by atoms with van der Waals surface area (Å²) in [5, 5.41) is 0. The first-order chi connectivity index (χ1) is 7.47. The van der Waals surface area contributed by atoms with Crippen molar-refractivity contribution in [3.05, 3.63) is 29.3 Å². The number of methoxy groups -OCH3 is 1. The molecule has 90 valence electrons. The van der Waals surface area contributed by atoms with Gasteiger partial charge in [-0.15, -0.1) is 0 Å². The molecule has 0 aliphatic rings. The van der Waals surface area contributed by atoms with Crippen molar-refractivity contribution < 1.29 is 4.74 Å². The summed E-state index contributed by atoms with van der Waals surface area (Å²) in [6, 6.07) is 5.88. The van der Waals surface area contributed by atoms with Gasteiger partial charge in [0, 0.05) is 12.1 Å². The first-order valence-electron chi connectivity index (χ1n) is 5.66. The molecule has 3 nitrogen and oxygen atoms in total. The SMILES string of the molecule is COc1ccc(C(N)C(C)N)cc1C(C)C. The van der Waals surface area contributed by atoms with E-state index in [9.17, 15) is 0 Å². The van der Waals surface area contributed by atoms with Crippen molar-refractivity contribution in [2.45, 2.75) is 38.8 Å². The van der Waals surface area contributed by atoms with Gasteiger partial charge >= 0.3 is 0 Å². The molecule has 0 amide bonds. The molecular formula is C13H22N2O. The highest BCUT2D eigenvalue weighted by atomic mass is 16.5. The number of nitrogens with two attached hydrogens (primary N) is 2. The Morgan fingerprint density at radius 1 is 1.12 bits per heavy atom. The Balaban J connectivity index is 3.11. The van der Waals surface area contributed by atoms with E-state index in [4.69, 9.17) is 16.2 Å². The molecule has 0 radical (unpaired) electrons. The lowest BCUT2D eigenvalue weighted by molar-refractivity contribution is 0.407. The average molecular weight is 222 g/mol. The maximum atomic E-state index is 6.03. The predicted molar refractivity (Wildman–Crippen MR) is 67.7 cm³/mol. The molecule has 2 atom stereocenters. The molecule has 0 aromatic heterocycles. The van der Waals surface area contributed by atoms with Gasteiger partial charge in [0.25, 0.3) is 0 Å². The van der Waals surface area contributed by atoms with Gasteiger partial charge in [-0.2, -0.15) is 0 Å². The molecule has 0 saturated carbocycles. The summed E-state index contributed by atoms with van der Waals surface area (Å²) in [6.07, 6.45) is 0. The van der Waals surface area contributed by atoms with Crippen LogP contribution < -0.4 is 16.2 Å². The second kappa shape index (κ2) is 5.32. The van der Waals surface area contributed by atoms with Crippen LogP contribution in [0.3, 0.4) is 0 Å². The van der Waals surface area contributed by atoms with Crippen LogP contribution in [-0.2, 0) is 0 Å². The molecule has 1 rings (SSSR count). The molecule has 0 aliphatic heterocycles. The number of hydrogen-bond acceptors (Lipinski definition) is 3. The molecule has 1 aromatic carbocycles.